The van der Waals surface area contributed by atoms with Crippen LogP contribution >= 0.6 is 0 Å². The van der Waals surface area contributed by atoms with E-state index in [0.717, 1.165) is 0 Å². The van der Waals surface area contributed by atoms with Crippen molar-refractivity contribution in [2.45, 2.75) is 19.2 Å². The third-order valence-corrected chi connectivity index (χ3v) is 0.754. The van der Waals surface area contributed by atoms with Gasteiger partial charge in [0.25, 0.3) is 0 Å². The Bertz CT molecular complexity index is 133. The molecule has 0 aliphatic heterocycles. The average molecular weight is 157 g/mol. The normalized spacial score (nSPS) is 14.4. The van der Waals surface area contributed by atoms with Crippen LogP contribution in [0.25, 0.3) is 0 Å². The highest BCUT2D eigenvalue weighted by Crippen LogP contribution is 2.21. The molecule has 0 fully saturated rings. The van der Waals surface area contributed by atoms with Crippen molar-refractivity contribution in [3.8, 4) is 0 Å². The van der Waals surface area contributed by atoms with Gasteiger partial charge in [-0.25, -0.2) is 4.79 Å². The van der Waals surface area contributed by atoms with E-state index < -0.39 is 18.4 Å². The molecule has 0 radical (unpaired) electrons. The zero-order valence-electron chi connectivity index (χ0n) is 5.11. The maximum atomic E-state index is 11.5. The van der Waals surface area contributed by atoms with Crippen LogP contribution in [0.5, 0.6) is 0 Å². The van der Waals surface area contributed by atoms with Crippen LogP contribution in [0.4, 0.5) is 18.0 Å². The van der Waals surface area contributed by atoms with Gasteiger partial charge in [-0.1, -0.05) is 0 Å². The number of rotatable bonds is 1. The molecule has 0 aromatic heterocycles. The second-order valence-corrected chi connectivity index (χ2v) is 1.62. The molecule has 1 amide bonds. The van der Waals surface area contributed by atoms with E-state index in [0.29, 0.717) is 6.92 Å². The molecule has 0 unspecified atom stereocenters. The summed E-state index contributed by atoms with van der Waals surface area (Å²) in [6, 6.07) is 0. The predicted octanol–water partition coefficient (Wildman–Crippen LogP) is 1.03. The van der Waals surface area contributed by atoms with Gasteiger partial charge < -0.3 is 10.5 Å². The van der Waals surface area contributed by atoms with E-state index in [2.05, 4.69) is 10.5 Å². The minimum Gasteiger partial charge on any atom is -0.437 e. The zero-order chi connectivity index (χ0) is 8.36. The highest BCUT2D eigenvalue weighted by molar-refractivity contribution is 5.64. The van der Waals surface area contributed by atoms with E-state index in [4.69, 9.17) is 0 Å². The van der Waals surface area contributed by atoms with E-state index in [9.17, 15) is 18.0 Å². The van der Waals surface area contributed by atoms with E-state index >= 15 is 0 Å². The fourth-order valence-corrected chi connectivity index (χ4v) is 0.241. The maximum Gasteiger partial charge on any atom is 0.425 e. The topological polar surface area (TPSA) is 52.3 Å². The number of halogens is 3. The lowest BCUT2D eigenvalue weighted by Crippen LogP contribution is -2.32. The largest absolute Gasteiger partial charge is 0.437 e. The van der Waals surface area contributed by atoms with Gasteiger partial charge in [-0.2, -0.15) is 13.2 Å². The summed E-state index contributed by atoms with van der Waals surface area (Å²) in [7, 11) is 0. The van der Waals surface area contributed by atoms with E-state index in [1.165, 1.54) is 0 Å². The van der Waals surface area contributed by atoms with Gasteiger partial charge >= 0.3 is 12.3 Å². The fourth-order valence-electron chi connectivity index (χ4n) is 0.241. The van der Waals surface area contributed by atoms with Gasteiger partial charge in [-0.3, -0.25) is 0 Å². The molecular formula is C4H6F3NO2. The first-order valence-electron chi connectivity index (χ1n) is 2.37. The summed E-state index contributed by atoms with van der Waals surface area (Å²) >= 11 is 0. The van der Waals surface area contributed by atoms with Crippen LogP contribution in [0.1, 0.15) is 6.92 Å². The first-order valence-corrected chi connectivity index (χ1v) is 2.37. The maximum absolute atomic E-state index is 11.5. The molecule has 0 aliphatic carbocycles. The van der Waals surface area contributed by atoms with Gasteiger partial charge in [-0.15, -0.1) is 0 Å². The lowest BCUT2D eigenvalue weighted by molar-refractivity contribution is -0.196. The molecule has 10 heavy (non-hydrogen) atoms. The first-order chi connectivity index (χ1) is 4.34. The zero-order valence-corrected chi connectivity index (χ0v) is 5.11. The Balaban J connectivity index is 3.85. The molecule has 0 aromatic carbocycles. The summed E-state index contributed by atoms with van der Waals surface area (Å²) in [6.07, 6.45) is -8.09. The summed E-state index contributed by atoms with van der Waals surface area (Å²) in [4.78, 5) is 9.76. The van der Waals surface area contributed by atoms with Gasteiger partial charge in [0.1, 0.15) is 0 Å². The molecule has 3 nitrogen and oxygen atoms in total. The van der Waals surface area contributed by atoms with Crippen molar-refractivity contribution in [3.05, 3.63) is 0 Å². The van der Waals surface area contributed by atoms with Crippen molar-refractivity contribution in [1.29, 1.82) is 0 Å². The molecule has 6 heteroatoms. The standard InChI is InChI=1S/C4H6F3NO2/c1-2(4(5,6)7)10-3(8)9/h2H,1H3,(H2,8,9)/t2-/m1/s1. The smallest absolute Gasteiger partial charge is 0.425 e. The number of amides is 1. The number of hydrogen-bond acceptors (Lipinski definition) is 2. The van der Waals surface area contributed by atoms with Crippen molar-refractivity contribution >= 4 is 6.09 Å². The Kier molecular flexibility index (Phi) is 2.50. The molecule has 0 aromatic rings. The Hall–Kier alpha value is -0.940. The summed E-state index contributed by atoms with van der Waals surface area (Å²) in [5.41, 5.74) is 4.33. The number of carbonyl (C=O) groups excluding carboxylic acids is 1. The van der Waals surface area contributed by atoms with Gasteiger partial charge in [-0.05, 0) is 6.92 Å². The molecule has 1 atom stereocenters. The van der Waals surface area contributed by atoms with E-state index in [1.54, 1.807) is 0 Å². The summed E-state index contributed by atoms with van der Waals surface area (Å²) in [5, 5.41) is 0. The van der Waals surface area contributed by atoms with E-state index in [-0.39, 0.29) is 0 Å². The molecule has 60 valence electrons. The van der Waals surface area contributed by atoms with Crippen LogP contribution in [0.2, 0.25) is 0 Å². The highest BCUT2D eigenvalue weighted by Gasteiger charge is 2.38. The fraction of sp³-hybridized carbons (Fsp3) is 0.750. The van der Waals surface area contributed by atoms with Crippen LogP contribution < -0.4 is 5.73 Å². The molecule has 0 aliphatic rings. The van der Waals surface area contributed by atoms with Gasteiger partial charge in [0.2, 0.25) is 0 Å². The van der Waals surface area contributed by atoms with E-state index in [1.807, 2.05) is 0 Å². The average Bonchev–Trinajstić information content (AvgIpc) is 1.60. The van der Waals surface area contributed by atoms with Crippen molar-refractivity contribution in [2.75, 3.05) is 0 Å². The Morgan fingerprint density at radius 1 is 1.60 bits per heavy atom. The molecule has 0 saturated carbocycles. The van der Waals surface area contributed by atoms with Crippen LogP contribution in [-0.2, 0) is 4.74 Å². The highest BCUT2D eigenvalue weighted by atomic mass is 19.4. The quantitative estimate of drug-likeness (QED) is 0.618. The van der Waals surface area contributed by atoms with Crippen molar-refractivity contribution in [3.63, 3.8) is 0 Å². The van der Waals surface area contributed by atoms with Crippen molar-refractivity contribution < 1.29 is 22.7 Å². The van der Waals surface area contributed by atoms with Crippen LogP contribution in [-0.4, -0.2) is 18.4 Å². The Labute approximate surface area is 54.9 Å². The summed E-state index contributed by atoms with van der Waals surface area (Å²) < 4.78 is 38.1. The molecule has 0 bridgehead atoms. The molecule has 0 heterocycles. The Morgan fingerprint density at radius 3 is 2.10 bits per heavy atom. The number of alkyl halides is 3. The number of primary amides is 1. The Morgan fingerprint density at radius 2 is 2.00 bits per heavy atom. The minimum atomic E-state index is -4.53. The van der Waals surface area contributed by atoms with Crippen LogP contribution in [0, 0.1) is 0 Å². The van der Waals surface area contributed by atoms with Gasteiger partial charge in [0.15, 0.2) is 6.10 Å². The molecule has 0 saturated heterocycles. The molecular weight excluding hydrogens is 151 g/mol. The molecule has 0 spiro atoms. The number of nitrogens with two attached hydrogens (primary N) is 1. The van der Waals surface area contributed by atoms with Crippen LogP contribution in [0.15, 0.2) is 0 Å². The lowest BCUT2D eigenvalue weighted by Gasteiger charge is -2.13. The summed E-state index contributed by atoms with van der Waals surface area (Å²) in [5.74, 6) is 0. The second kappa shape index (κ2) is 2.76. The van der Waals surface area contributed by atoms with Gasteiger partial charge in [0.05, 0.1) is 0 Å². The molecule has 0 rings (SSSR count). The van der Waals surface area contributed by atoms with Gasteiger partial charge in [0, 0.05) is 0 Å². The number of carbonyl (C=O) groups is 1. The summed E-state index contributed by atoms with van der Waals surface area (Å²) in [6.45, 7) is 0.699. The first kappa shape index (κ1) is 9.06. The van der Waals surface area contributed by atoms with Crippen LogP contribution in [0.3, 0.4) is 0 Å². The predicted molar refractivity (Wildman–Crippen MR) is 26.2 cm³/mol. The monoisotopic (exact) mass is 157 g/mol. The second-order valence-electron chi connectivity index (χ2n) is 1.62. The lowest BCUT2D eigenvalue weighted by atomic mass is 10.4. The SMILES string of the molecule is C[C@@H](OC(N)=O)C(F)(F)F. The minimum absolute atomic E-state index is 0.699. The number of ether oxygens (including phenoxy) is 1. The molecule has 2 N–H and O–H groups in total. The number of hydrogen-bond donors (Lipinski definition) is 1. The van der Waals surface area contributed by atoms with Crippen molar-refractivity contribution in [2.24, 2.45) is 5.73 Å². The third kappa shape index (κ3) is 3.16. The van der Waals surface area contributed by atoms with Crippen molar-refractivity contribution in [1.82, 2.24) is 0 Å². The third-order valence-electron chi connectivity index (χ3n) is 0.754.